The van der Waals surface area contributed by atoms with E-state index in [1.54, 1.807) is 24.1 Å². The SMILES string of the molecule is CCCCN(Cc1ccccc1)C(=O)c1ccccc1-c1ccccc1C(=O)N(CCC(=O)O)CCc1ccc(OCC)c(OC)c1. The Hall–Kier alpha value is -5.11. The van der Waals surface area contributed by atoms with Gasteiger partial charge in [0.25, 0.3) is 11.8 Å². The summed E-state index contributed by atoms with van der Waals surface area (Å²) in [6, 6.07) is 30.2. The van der Waals surface area contributed by atoms with Gasteiger partial charge >= 0.3 is 5.97 Å². The molecule has 1 N–H and O–H groups in total. The molecule has 0 spiro atoms. The molecule has 0 fully saturated rings. The molecular weight excluding hydrogens is 592 g/mol. The topological polar surface area (TPSA) is 96.4 Å². The van der Waals surface area contributed by atoms with Gasteiger partial charge in [0.2, 0.25) is 0 Å². The number of hydrogen-bond donors (Lipinski definition) is 1. The summed E-state index contributed by atoms with van der Waals surface area (Å²) >= 11 is 0. The molecule has 47 heavy (non-hydrogen) atoms. The summed E-state index contributed by atoms with van der Waals surface area (Å²) in [6.45, 7) is 5.93. The van der Waals surface area contributed by atoms with E-state index in [9.17, 15) is 19.5 Å². The standard InChI is InChI=1S/C39H44N2O6/c1-4-6-24-41(28-30-14-8-7-9-15-30)39(45)34-19-13-11-17-32(34)31-16-10-12-18-33(31)38(44)40(26-23-37(42)43)25-22-29-20-21-35(47-5-2)36(27-29)46-3/h7-21,27H,4-6,22-26,28H2,1-3H3,(H,42,43). The van der Waals surface area contributed by atoms with Gasteiger partial charge in [-0.25, -0.2) is 0 Å². The zero-order valence-electron chi connectivity index (χ0n) is 27.5. The van der Waals surface area contributed by atoms with E-state index < -0.39 is 5.97 Å². The predicted molar refractivity (Wildman–Crippen MR) is 184 cm³/mol. The molecule has 0 bridgehead atoms. The van der Waals surface area contributed by atoms with Gasteiger partial charge in [0.15, 0.2) is 11.5 Å². The van der Waals surface area contributed by atoms with Crippen LogP contribution in [-0.2, 0) is 17.8 Å². The number of carbonyl (C=O) groups is 3. The number of aliphatic carboxylic acids is 1. The molecule has 0 heterocycles. The van der Waals surface area contributed by atoms with Crippen molar-refractivity contribution in [1.29, 1.82) is 0 Å². The first kappa shape index (κ1) is 34.8. The highest BCUT2D eigenvalue weighted by Crippen LogP contribution is 2.31. The van der Waals surface area contributed by atoms with Crippen molar-refractivity contribution < 1.29 is 29.0 Å². The van der Waals surface area contributed by atoms with Gasteiger partial charge in [-0.1, -0.05) is 86.1 Å². The lowest BCUT2D eigenvalue weighted by molar-refractivity contribution is -0.137. The number of unbranched alkanes of at least 4 members (excludes halogenated alkanes) is 1. The van der Waals surface area contributed by atoms with E-state index in [1.165, 1.54) is 0 Å². The molecule has 0 aliphatic carbocycles. The first-order valence-corrected chi connectivity index (χ1v) is 16.2. The second-order valence-electron chi connectivity index (χ2n) is 11.3. The Bertz CT molecular complexity index is 1640. The van der Waals surface area contributed by atoms with Gasteiger partial charge in [-0.05, 0) is 66.3 Å². The monoisotopic (exact) mass is 636 g/mol. The van der Waals surface area contributed by atoms with Crippen LogP contribution in [0.25, 0.3) is 11.1 Å². The van der Waals surface area contributed by atoms with Crippen LogP contribution in [0.4, 0.5) is 0 Å². The molecule has 4 aromatic carbocycles. The minimum atomic E-state index is -0.986. The minimum absolute atomic E-state index is 0.0408. The van der Waals surface area contributed by atoms with Crippen molar-refractivity contribution in [2.24, 2.45) is 0 Å². The molecule has 2 amide bonds. The number of methoxy groups -OCH3 is 1. The van der Waals surface area contributed by atoms with Crippen molar-refractivity contribution in [3.05, 3.63) is 119 Å². The van der Waals surface area contributed by atoms with E-state index in [1.807, 2.05) is 96.8 Å². The Balaban J connectivity index is 1.65. The third kappa shape index (κ3) is 9.45. The second kappa shape index (κ2) is 17.5. The Kier molecular flexibility index (Phi) is 13.0. The molecule has 0 unspecified atom stereocenters. The van der Waals surface area contributed by atoms with Gasteiger partial charge < -0.3 is 24.4 Å². The van der Waals surface area contributed by atoms with E-state index in [0.29, 0.717) is 66.4 Å². The average molecular weight is 637 g/mol. The number of benzene rings is 4. The van der Waals surface area contributed by atoms with E-state index in [-0.39, 0.29) is 24.8 Å². The highest BCUT2D eigenvalue weighted by Gasteiger charge is 2.25. The molecule has 0 saturated heterocycles. The summed E-state index contributed by atoms with van der Waals surface area (Å²) in [6.07, 6.45) is 2.11. The predicted octanol–water partition coefficient (Wildman–Crippen LogP) is 7.36. The van der Waals surface area contributed by atoms with Crippen molar-refractivity contribution in [3.63, 3.8) is 0 Å². The molecule has 0 aliphatic rings. The van der Waals surface area contributed by atoms with Crippen LogP contribution in [0.15, 0.2) is 97.1 Å². The maximum absolute atomic E-state index is 14.2. The lowest BCUT2D eigenvalue weighted by Crippen LogP contribution is -2.35. The minimum Gasteiger partial charge on any atom is -0.493 e. The summed E-state index contributed by atoms with van der Waals surface area (Å²) in [5.74, 6) is -0.154. The zero-order valence-corrected chi connectivity index (χ0v) is 27.5. The zero-order chi connectivity index (χ0) is 33.6. The van der Waals surface area contributed by atoms with Crippen molar-refractivity contribution in [2.45, 2.75) is 46.1 Å². The molecule has 4 aromatic rings. The van der Waals surface area contributed by atoms with Crippen LogP contribution in [0.5, 0.6) is 11.5 Å². The molecule has 0 radical (unpaired) electrons. The summed E-state index contributed by atoms with van der Waals surface area (Å²) in [7, 11) is 1.58. The molecule has 4 rings (SSSR count). The smallest absolute Gasteiger partial charge is 0.305 e. The summed E-state index contributed by atoms with van der Waals surface area (Å²) in [4.78, 5) is 43.4. The molecular formula is C39H44N2O6. The Labute approximate surface area is 277 Å². The number of carboxylic acid groups (broad SMARTS) is 1. The number of carboxylic acids is 1. The first-order valence-electron chi connectivity index (χ1n) is 16.2. The lowest BCUT2D eigenvalue weighted by Gasteiger charge is -2.26. The fourth-order valence-corrected chi connectivity index (χ4v) is 5.51. The summed E-state index contributed by atoms with van der Waals surface area (Å²) in [5.41, 5.74) is 4.17. The van der Waals surface area contributed by atoms with Crippen LogP contribution in [-0.4, -0.2) is 66.0 Å². The maximum atomic E-state index is 14.2. The lowest BCUT2D eigenvalue weighted by atomic mass is 9.93. The third-order valence-corrected chi connectivity index (χ3v) is 7.97. The molecule has 0 atom stereocenters. The molecule has 0 aliphatic heterocycles. The molecule has 8 nitrogen and oxygen atoms in total. The van der Waals surface area contributed by atoms with Crippen LogP contribution in [0, 0.1) is 0 Å². The number of hydrogen-bond acceptors (Lipinski definition) is 5. The first-order chi connectivity index (χ1) is 22.9. The number of nitrogens with zero attached hydrogens (tertiary/aromatic N) is 2. The van der Waals surface area contributed by atoms with E-state index >= 15 is 0 Å². The van der Waals surface area contributed by atoms with E-state index in [0.717, 1.165) is 24.0 Å². The van der Waals surface area contributed by atoms with Crippen molar-refractivity contribution in [2.75, 3.05) is 33.4 Å². The van der Waals surface area contributed by atoms with Gasteiger partial charge in [0.05, 0.1) is 20.1 Å². The normalized spacial score (nSPS) is 10.7. The summed E-state index contributed by atoms with van der Waals surface area (Å²) in [5, 5.41) is 9.49. The molecule has 0 saturated carbocycles. The molecule has 246 valence electrons. The Morgan fingerprint density at radius 2 is 1.30 bits per heavy atom. The van der Waals surface area contributed by atoms with Crippen LogP contribution in [0.3, 0.4) is 0 Å². The molecule has 0 aromatic heterocycles. The average Bonchev–Trinajstić information content (AvgIpc) is 3.10. The summed E-state index contributed by atoms with van der Waals surface area (Å²) < 4.78 is 11.1. The van der Waals surface area contributed by atoms with Gasteiger partial charge in [0, 0.05) is 37.3 Å². The number of carbonyl (C=O) groups excluding carboxylic acids is 2. The van der Waals surface area contributed by atoms with Gasteiger partial charge in [-0.3, -0.25) is 14.4 Å². The molecule has 8 heteroatoms. The Morgan fingerprint density at radius 1 is 0.681 bits per heavy atom. The highest BCUT2D eigenvalue weighted by atomic mass is 16.5. The number of rotatable bonds is 17. The van der Waals surface area contributed by atoms with Gasteiger partial charge in [-0.15, -0.1) is 0 Å². The number of amides is 2. The van der Waals surface area contributed by atoms with Crippen molar-refractivity contribution in [3.8, 4) is 22.6 Å². The largest absolute Gasteiger partial charge is 0.493 e. The third-order valence-electron chi connectivity index (χ3n) is 7.97. The maximum Gasteiger partial charge on any atom is 0.305 e. The second-order valence-corrected chi connectivity index (χ2v) is 11.3. The number of ether oxygens (including phenoxy) is 2. The van der Waals surface area contributed by atoms with Crippen LogP contribution in [0.1, 0.15) is 65.0 Å². The van der Waals surface area contributed by atoms with Gasteiger partial charge in [-0.2, -0.15) is 0 Å². The van der Waals surface area contributed by atoms with E-state index in [2.05, 4.69) is 6.92 Å². The van der Waals surface area contributed by atoms with E-state index in [4.69, 9.17) is 9.47 Å². The van der Waals surface area contributed by atoms with Gasteiger partial charge in [0.1, 0.15) is 0 Å². The highest BCUT2D eigenvalue weighted by molar-refractivity contribution is 6.06. The van der Waals surface area contributed by atoms with Crippen LogP contribution < -0.4 is 9.47 Å². The van der Waals surface area contributed by atoms with Crippen LogP contribution >= 0.6 is 0 Å². The van der Waals surface area contributed by atoms with Crippen molar-refractivity contribution >= 4 is 17.8 Å². The fraction of sp³-hybridized carbons (Fsp3) is 0.308. The Morgan fingerprint density at radius 3 is 1.89 bits per heavy atom. The van der Waals surface area contributed by atoms with Crippen LogP contribution in [0.2, 0.25) is 0 Å². The quantitative estimate of drug-likeness (QED) is 0.130. The fourth-order valence-electron chi connectivity index (χ4n) is 5.51. The van der Waals surface area contributed by atoms with Crippen molar-refractivity contribution in [1.82, 2.24) is 9.80 Å².